The number of rotatable bonds is 6. The van der Waals surface area contributed by atoms with Gasteiger partial charge in [-0.15, -0.1) is 11.3 Å². The first kappa shape index (κ1) is 32.9. The lowest BCUT2D eigenvalue weighted by Crippen LogP contribution is -2.00. The number of aromatic nitrogens is 1. The van der Waals surface area contributed by atoms with Crippen molar-refractivity contribution < 1.29 is 0 Å². The number of thiophene rings is 1. The smallest absolute Gasteiger partial charge is 0.0537 e. The van der Waals surface area contributed by atoms with Crippen LogP contribution in [0.5, 0.6) is 0 Å². The molecule has 0 fully saturated rings. The van der Waals surface area contributed by atoms with Gasteiger partial charge in [-0.3, -0.25) is 0 Å². The van der Waals surface area contributed by atoms with E-state index in [1.165, 1.54) is 104 Å². The summed E-state index contributed by atoms with van der Waals surface area (Å²) in [5, 5.41) is 5.33. The van der Waals surface area contributed by atoms with Crippen molar-refractivity contribution in [2.75, 3.05) is 0 Å². The van der Waals surface area contributed by atoms with Gasteiger partial charge >= 0.3 is 0 Å². The van der Waals surface area contributed by atoms with Crippen molar-refractivity contribution in [1.82, 2.24) is 4.57 Å². The van der Waals surface area contributed by atoms with E-state index in [1.54, 1.807) is 0 Å². The summed E-state index contributed by atoms with van der Waals surface area (Å²) in [5.41, 5.74) is 17.2. The molecule has 2 heterocycles. The summed E-state index contributed by atoms with van der Waals surface area (Å²) < 4.78 is 3.80. The first-order valence-corrected chi connectivity index (χ1v) is 20.6. The van der Waals surface area contributed by atoms with Crippen LogP contribution < -0.4 is 0 Å². The highest BCUT2D eigenvalue weighted by Gasteiger charge is 2.26. The molecule has 11 rings (SSSR count). The van der Waals surface area contributed by atoms with Gasteiger partial charge < -0.3 is 4.57 Å². The third-order valence-corrected chi connectivity index (χ3v) is 13.1. The second-order valence-electron chi connectivity index (χ2n) is 15.0. The number of hydrogen-bond donors (Lipinski definition) is 0. The van der Waals surface area contributed by atoms with Crippen LogP contribution in [0.15, 0.2) is 182 Å². The molecular formula is C54H39NS. The van der Waals surface area contributed by atoms with Gasteiger partial charge in [0.15, 0.2) is 0 Å². The third-order valence-electron chi connectivity index (χ3n) is 11.8. The maximum absolute atomic E-state index is 2.44. The molecule has 2 aromatic heterocycles. The first-order chi connectivity index (χ1) is 27.8. The molecule has 2 aliphatic rings. The average molecular weight is 734 g/mol. The maximum Gasteiger partial charge on any atom is 0.0537 e. The van der Waals surface area contributed by atoms with Gasteiger partial charge in [-0.05, 0) is 105 Å². The van der Waals surface area contributed by atoms with E-state index in [4.69, 9.17) is 0 Å². The predicted octanol–water partition coefficient (Wildman–Crippen LogP) is 15.2. The molecule has 0 saturated carbocycles. The van der Waals surface area contributed by atoms with Crippen LogP contribution in [0.25, 0.3) is 88.1 Å². The number of nitrogens with zero attached hydrogens (tertiary/aromatic N) is 1. The quantitative estimate of drug-likeness (QED) is 0.160. The van der Waals surface area contributed by atoms with Crippen molar-refractivity contribution in [3.8, 4) is 39.1 Å². The number of fused-ring (bicyclic) bond motifs is 6. The molecule has 0 radical (unpaired) electrons. The number of benzene rings is 7. The predicted molar refractivity (Wildman–Crippen MR) is 241 cm³/mol. The van der Waals surface area contributed by atoms with Crippen molar-refractivity contribution in [2.45, 2.75) is 25.7 Å². The molecule has 2 aliphatic carbocycles. The minimum absolute atomic E-state index is 0.991. The van der Waals surface area contributed by atoms with Gasteiger partial charge in [-0.2, -0.15) is 0 Å². The molecule has 0 bridgehead atoms. The zero-order chi connectivity index (χ0) is 37.0. The SMILES string of the molecule is C1=Cc2c(c3ccccc3n2-c2ccc(C3=CC=C(c4sc5c(-c6ccccc6)c(-c6ccccc6)c6ccccc6c5c4-c4ccccc4)CC3)cc2)CC1. The lowest BCUT2D eigenvalue weighted by atomic mass is 9.85. The molecule has 0 atom stereocenters. The molecule has 0 spiro atoms. The Balaban J connectivity index is 1.07. The van der Waals surface area contributed by atoms with Crippen LogP contribution in [-0.4, -0.2) is 4.57 Å². The Morgan fingerprint density at radius 3 is 1.70 bits per heavy atom. The molecule has 266 valence electrons. The molecule has 0 saturated heterocycles. The van der Waals surface area contributed by atoms with Crippen LogP contribution in [0.3, 0.4) is 0 Å². The lowest BCUT2D eigenvalue weighted by Gasteiger charge is -2.18. The number of para-hydroxylation sites is 1. The van der Waals surface area contributed by atoms with E-state index in [2.05, 4.69) is 193 Å². The topological polar surface area (TPSA) is 4.93 Å². The Morgan fingerprint density at radius 2 is 1.02 bits per heavy atom. The summed E-state index contributed by atoms with van der Waals surface area (Å²) in [4.78, 5) is 1.38. The van der Waals surface area contributed by atoms with Crippen molar-refractivity contribution in [1.29, 1.82) is 0 Å². The van der Waals surface area contributed by atoms with E-state index in [9.17, 15) is 0 Å². The normalized spacial score (nSPS) is 13.9. The Hall–Kier alpha value is -6.48. The van der Waals surface area contributed by atoms with Gasteiger partial charge in [-0.25, -0.2) is 0 Å². The zero-order valence-electron chi connectivity index (χ0n) is 31.1. The molecule has 7 aromatic carbocycles. The van der Waals surface area contributed by atoms with Crippen molar-refractivity contribution in [3.05, 3.63) is 204 Å². The molecule has 56 heavy (non-hydrogen) atoms. The third kappa shape index (κ3) is 5.36. The van der Waals surface area contributed by atoms with Gasteiger partial charge in [0, 0.05) is 42.9 Å². The Morgan fingerprint density at radius 1 is 0.446 bits per heavy atom. The van der Waals surface area contributed by atoms with Gasteiger partial charge in [0.05, 0.1) is 5.52 Å². The summed E-state index contributed by atoms with van der Waals surface area (Å²) in [6.45, 7) is 0. The number of allylic oxidation sites excluding steroid dienone is 5. The Kier molecular flexibility index (Phi) is 8.03. The average Bonchev–Trinajstić information content (AvgIpc) is 3.84. The molecule has 0 aliphatic heterocycles. The minimum atomic E-state index is 0.991. The van der Waals surface area contributed by atoms with Gasteiger partial charge in [-0.1, -0.05) is 164 Å². The van der Waals surface area contributed by atoms with Crippen LogP contribution in [0.4, 0.5) is 0 Å². The lowest BCUT2D eigenvalue weighted by molar-refractivity contribution is 0.967. The number of hydrogen-bond acceptors (Lipinski definition) is 1. The summed E-state index contributed by atoms with van der Waals surface area (Å²) in [6, 6.07) is 60.3. The second-order valence-corrected chi connectivity index (χ2v) is 16.0. The van der Waals surface area contributed by atoms with Crippen LogP contribution in [-0.2, 0) is 6.42 Å². The highest BCUT2D eigenvalue weighted by Crippen LogP contribution is 2.54. The second kappa shape index (κ2) is 13.7. The zero-order valence-corrected chi connectivity index (χ0v) is 31.9. The molecular weight excluding hydrogens is 695 g/mol. The molecule has 0 amide bonds. The van der Waals surface area contributed by atoms with Gasteiger partial charge in [0.2, 0.25) is 0 Å². The molecule has 0 unspecified atom stereocenters. The van der Waals surface area contributed by atoms with Crippen LogP contribution >= 0.6 is 11.3 Å². The minimum Gasteiger partial charge on any atom is -0.310 e. The largest absolute Gasteiger partial charge is 0.310 e. The maximum atomic E-state index is 2.44. The monoisotopic (exact) mass is 733 g/mol. The Labute approximate surface area is 331 Å². The molecule has 9 aromatic rings. The van der Waals surface area contributed by atoms with E-state index in [1.807, 2.05) is 11.3 Å². The van der Waals surface area contributed by atoms with E-state index in [0.717, 1.165) is 25.7 Å². The van der Waals surface area contributed by atoms with Crippen molar-refractivity contribution in [3.63, 3.8) is 0 Å². The van der Waals surface area contributed by atoms with Crippen LogP contribution in [0.2, 0.25) is 0 Å². The molecule has 2 heteroatoms. The highest BCUT2D eigenvalue weighted by molar-refractivity contribution is 7.21. The van der Waals surface area contributed by atoms with E-state index >= 15 is 0 Å². The standard InChI is InChI=1S/C54H39NS/c1-4-16-38(17-5-1)49-45-24-10-11-25-46(45)52-51(40-20-8-3-9-21-40)53(56-54(52)50(49)39-18-6-2-7-19-39)41-30-28-36(29-31-41)37-32-34-42(35-33-37)55-47-26-14-12-22-43(47)44-23-13-15-27-48(44)55/h1-12,14-22,24-28,30,32-35H,13,23,29,31H2. The molecule has 1 nitrogen and oxygen atoms in total. The van der Waals surface area contributed by atoms with Gasteiger partial charge in [0.1, 0.15) is 0 Å². The van der Waals surface area contributed by atoms with Crippen LogP contribution in [0.1, 0.15) is 41.0 Å². The summed E-state index contributed by atoms with van der Waals surface area (Å²) in [7, 11) is 0. The van der Waals surface area contributed by atoms with Gasteiger partial charge in [0.25, 0.3) is 0 Å². The Bertz CT molecular complexity index is 3030. The van der Waals surface area contributed by atoms with Crippen molar-refractivity contribution in [2.24, 2.45) is 0 Å². The number of aryl methyl sites for hydroxylation is 1. The fourth-order valence-corrected chi connectivity index (χ4v) is 10.7. The summed E-state index contributed by atoms with van der Waals surface area (Å²) in [5.74, 6) is 0. The first-order valence-electron chi connectivity index (χ1n) is 19.8. The fraction of sp³-hybridized carbons (Fsp3) is 0.0741. The van der Waals surface area contributed by atoms with Crippen molar-refractivity contribution >= 4 is 60.3 Å². The molecule has 0 N–H and O–H groups in total. The van der Waals surface area contributed by atoms with Crippen LogP contribution in [0, 0.1) is 0 Å². The van der Waals surface area contributed by atoms with E-state index < -0.39 is 0 Å². The fourth-order valence-electron chi connectivity index (χ4n) is 9.28. The summed E-state index contributed by atoms with van der Waals surface area (Å²) in [6.07, 6.45) is 13.6. The van der Waals surface area contributed by atoms with E-state index in [-0.39, 0.29) is 0 Å². The van der Waals surface area contributed by atoms with E-state index in [0.29, 0.717) is 0 Å². The highest BCUT2D eigenvalue weighted by atomic mass is 32.1. The summed E-state index contributed by atoms with van der Waals surface area (Å²) >= 11 is 1.97.